The Hall–Kier alpha value is -3.07. The Labute approximate surface area is 214 Å². The van der Waals surface area contributed by atoms with Crippen LogP contribution in [0.4, 0.5) is 13.2 Å². The number of benzene rings is 2. The molecule has 198 valence electrons. The summed E-state index contributed by atoms with van der Waals surface area (Å²) in [6, 6.07) is 16.0. The Kier molecular flexibility index (Phi) is 7.42. The highest BCUT2D eigenvalue weighted by Gasteiger charge is 2.57. The number of nitrogens with one attached hydrogen (secondary N) is 1. The first-order valence-electron chi connectivity index (χ1n) is 12.9. The number of carbonyl (C=O) groups is 2. The van der Waals surface area contributed by atoms with Gasteiger partial charge in [-0.1, -0.05) is 42.5 Å². The third kappa shape index (κ3) is 6.63. The van der Waals surface area contributed by atoms with Crippen LogP contribution in [-0.2, 0) is 22.6 Å². The Morgan fingerprint density at radius 3 is 2.32 bits per heavy atom. The molecule has 5 rings (SSSR count). The van der Waals surface area contributed by atoms with E-state index >= 15 is 0 Å². The number of hydrogen-bond donors (Lipinski definition) is 1. The van der Waals surface area contributed by atoms with Crippen molar-refractivity contribution in [1.29, 1.82) is 0 Å². The molecule has 2 unspecified atom stereocenters. The molecule has 2 aromatic carbocycles. The minimum Gasteiger partial charge on any atom is -0.406 e. The monoisotopic (exact) mass is 515 g/mol. The Morgan fingerprint density at radius 2 is 1.65 bits per heavy atom. The van der Waals surface area contributed by atoms with E-state index in [-0.39, 0.29) is 35.9 Å². The van der Waals surface area contributed by atoms with Crippen molar-refractivity contribution in [2.24, 2.45) is 17.8 Å². The van der Waals surface area contributed by atoms with E-state index in [0.29, 0.717) is 31.3 Å². The van der Waals surface area contributed by atoms with Crippen LogP contribution in [0.15, 0.2) is 54.6 Å². The molecule has 0 radical (unpaired) electrons. The fourth-order valence-corrected chi connectivity index (χ4v) is 5.79. The zero-order valence-electron chi connectivity index (χ0n) is 20.6. The summed E-state index contributed by atoms with van der Waals surface area (Å²) in [7, 11) is 0. The highest BCUT2D eigenvalue weighted by Crippen LogP contribution is 2.46. The maximum atomic E-state index is 13.2. The van der Waals surface area contributed by atoms with Gasteiger partial charge in [0.15, 0.2) is 0 Å². The van der Waals surface area contributed by atoms with E-state index in [0.717, 1.165) is 38.0 Å². The summed E-state index contributed by atoms with van der Waals surface area (Å²) in [5, 5.41) is 3.08. The second-order valence-electron chi connectivity index (χ2n) is 10.4. The van der Waals surface area contributed by atoms with Crippen LogP contribution in [0.5, 0.6) is 5.75 Å². The largest absolute Gasteiger partial charge is 0.573 e. The van der Waals surface area contributed by atoms with Crippen molar-refractivity contribution in [3.8, 4) is 5.75 Å². The topological polar surface area (TPSA) is 61.9 Å². The number of halogens is 3. The number of amides is 2. The van der Waals surface area contributed by atoms with Crippen molar-refractivity contribution in [2.45, 2.75) is 44.6 Å². The molecule has 1 N–H and O–H groups in total. The van der Waals surface area contributed by atoms with Gasteiger partial charge in [-0.05, 0) is 49.1 Å². The van der Waals surface area contributed by atoms with Crippen LogP contribution in [-0.4, -0.2) is 60.2 Å². The van der Waals surface area contributed by atoms with Crippen molar-refractivity contribution >= 4 is 11.8 Å². The fraction of sp³-hybridized carbons (Fsp3) is 0.500. The van der Waals surface area contributed by atoms with E-state index in [4.69, 9.17) is 0 Å². The molecule has 9 heteroatoms. The van der Waals surface area contributed by atoms with E-state index in [2.05, 4.69) is 27.1 Å². The maximum absolute atomic E-state index is 13.2. The highest BCUT2D eigenvalue weighted by atomic mass is 19.4. The quantitative estimate of drug-likeness (QED) is 0.578. The van der Waals surface area contributed by atoms with E-state index in [1.165, 1.54) is 29.8 Å². The normalized spacial score (nSPS) is 25.4. The number of carbonyl (C=O) groups excluding carboxylic acids is 2. The number of ether oxygens (including phenoxy) is 1. The van der Waals surface area contributed by atoms with Crippen molar-refractivity contribution in [2.75, 3.05) is 26.2 Å². The van der Waals surface area contributed by atoms with Gasteiger partial charge in [0.2, 0.25) is 11.8 Å². The molecule has 1 aliphatic carbocycles. The molecule has 2 aliphatic heterocycles. The van der Waals surface area contributed by atoms with E-state index in [9.17, 15) is 22.8 Å². The molecule has 2 heterocycles. The number of piperidine rings is 2. The van der Waals surface area contributed by atoms with Gasteiger partial charge in [-0.25, -0.2) is 0 Å². The second-order valence-corrected chi connectivity index (χ2v) is 10.4. The van der Waals surface area contributed by atoms with Gasteiger partial charge in [-0.3, -0.25) is 14.5 Å². The lowest BCUT2D eigenvalue weighted by atomic mass is 9.96. The number of hydrogen-bond acceptors (Lipinski definition) is 4. The third-order valence-corrected chi connectivity index (χ3v) is 7.73. The first-order valence-corrected chi connectivity index (χ1v) is 12.9. The predicted molar refractivity (Wildman–Crippen MR) is 131 cm³/mol. The molecule has 3 aliphatic rings. The number of fused-ring (bicyclic) bond motifs is 1. The maximum Gasteiger partial charge on any atom is 0.573 e. The van der Waals surface area contributed by atoms with Gasteiger partial charge < -0.3 is 15.0 Å². The Balaban J connectivity index is 1.02. The summed E-state index contributed by atoms with van der Waals surface area (Å²) in [5.74, 6) is 0.565. The van der Waals surface area contributed by atoms with Gasteiger partial charge >= 0.3 is 6.36 Å². The molecule has 37 heavy (non-hydrogen) atoms. The van der Waals surface area contributed by atoms with Gasteiger partial charge in [0, 0.05) is 50.5 Å². The van der Waals surface area contributed by atoms with Crippen LogP contribution in [0.2, 0.25) is 0 Å². The van der Waals surface area contributed by atoms with E-state index in [1.54, 1.807) is 0 Å². The molecule has 6 nitrogen and oxygen atoms in total. The van der Waals surface area contributed by atoms with Crippen LogP contribution in [0, 0.1) is 17.8 Å². The zero-order valence-corrected chi connectivity index (χ0v) is 20.6. The first kappa shape index (κ1) is 25.6. The number of likely N-dealkylation sites (tertiary alicyclic amines) is 2. The minimum absolute atomic E-state index is 0.0379. The van der Waals surface area contributed by atoms with Crippen molar-refractivity contribution in [3.63, 3.8) is 0 Å². The molecular weight excluding hydrogens is 483 g/mol. The lowest BCUT2D eigenvalue weighted by Crippen LogP contribution is -2.45. The molecule has 3 fully saturated rings. The number of rotatable bonds is 8. The van der Waals surface area contributed by atoms with Crippen molar-refractivity contribution < 1.29 is 27.5 Å². The molecule has 0 aromatic heterocycles. The van der Waals surface area contributed by atoms with Crippen LogP contribution in [0.1, 0.15) is 30.4 Å². The summed E-state index contributed by atoms with van der Waals surface area (Å²) < 4.78 is 40.7. The summed E-state index contributed by atoms with van der Waals surface area (Å²) >= 11 is 0. The second kappa shape index (κ2) is 10.7. The van der Waals surface area contributed by atoms with Crippen molar-refractivity contribution in [3.05, 3.63) is 65.7 Å². The van der Waals surface area contributed by atoms with Gasteiger partial charge in [-0.2, -0.15) is 0 Å². The molecular formula is C28H32F3N3O3. The summed E-state index contributed by atoms with van der Waals surface area (Å²) in [4.78, 5) is 30.0. The highest BCUT2D eigenvalue weighted by molar-refractivity contribution is 5.80. The van der Waals surface area contributed by atoms with Gasteiger partial charge in [0.05, 0.1) is 5.92 Å². The molecule has 0 spiro atoms. The molecule has 1 saturated carbocycles. The number of nitrogens with zero attached hydrogens (tertiary/aromatic N) is 2. The van der Waals surface area contributed by atoms with Crippen LogP contribution < -0.4 is 10.1 Å². The summed E-state index contributed by atoms with van der Waals surface area (Å²) in [5.41, 5.74) is 2.04. The zero-order chi connectivity index (χ0) is 26.0. The first-order chi connectivity index (χ1) is 17.7. The molecule has 2 aromatic rings. The SMILES string of the molecule is O=C(CCc1ccc(OC(F)(F)F)cc1)NC1[C@H]2CN(C(=O)C3CCCN(Cc4ccccc4)C3)C[C@@H]12. The Morgan fingerprint density at radius 1 is 0.946 bits per heavy atom. The van der Waals surface area contributed by atoms with E-state index < -0.39 is 6.36 Å². The average molecular weight is 516 g/mol. The fourth-order valence-electron chi connectivity index (χ4n) is 5.79. The summed E-state index contributed by atoms with van der Waals surface area (Å²) in [6.45, 7) is 4.08. The van der Waals surface area contributed by atoms with Crippen LogP contribution in [0.25, 0.3) is 0 Å². The molecule has 0 bridgehead atoms. The van der Waals surface area contributed by atoms with Crippen LogP contribution >= 0.6 is 0 Å². The lowest BCUT2D eigenvalue weighted by molar-refractivity contribution is -0.274. The average Bonchev–Trinajstić information content (AvgIpc) is 3.29. The minimum atomic E-state index is -4.72. The van der Waals surface area contributed by atoms with Crippen LogP contribution in [0.3, 0.4) is 0 Å². The number of aryl methyl sites for hydroxylation is 1. The molecule has 4 atom stereocenters. The van der Waals surface area contributed by atoms with Gasteiger partial charge in [0.25, 0.3) is 0 Å². The third-order valence-electron chi connectivity index (χ3n) is 7.73. The summed E-state index contributed by atoms with van der Waals surface area (Å²) in [6.07, 6.45) is -2.06. The molecule has 2 amide bonds. The van der Waals surface area contributed by atoms with Gasteiger partial charge in [0.1, 0.15) is 5.75 Å². The lowest BCUT2D eigenvalue weighted by Gasteiger charge is -2.34. The van der Waals surface area contributed by atoms with Crippen molar-refractivity contribution in [1.82, 2.24) is 15.1 Å². The molecule has 2 saturated heterocycles. The Bertz CT molecular complexity index is 1080. The smallest absolute Gasteiger partial charge is 0.406 e. The van der Waals surface area contributed by atoms with E-state index in [1.807, 2.05) is 23.1 Å². The van der Waals surface area contributed by atoms with Gasteiger partial charge in [-0.15, -0.1) is 13.2 Å². The standard InChI is InChI=1S/C28H32F3N3O3/c29-28(30,31)37-22-11-8-19(9-12-22)10-13-25(35)32-26-23-17-34(18-24(23)26)27(36)21-7-4-14-33(16-21)15-20-5-2-1-3-6-20/h1-3,5-6,8-9,11-12,21,23-24,26H,4,7,10,13-18H2,(H,32,35)/t21?,23-,24+,26?. The number of alkyl halides is 3. The predicted octanol–water partition coefficient (Wildman–Crippen LogP) is 4.00.